The quantitative estimate of drug-likeness (QED) is 0.719. The minimum Gasteiger partial charge on any atom is -0.302 e. The summed E-state index contributed by atoms with van der Waals surface area (Å²) in [5.74, 6) is -1.09. The average Bonchev–Trinajstić information content (AvgIpc) is 3.03. The van der Waals surface area contributed by atoms with Gasteiger partial charge in [0.2, 0.25) is 0 Å². The second kappa shape index (κ2) is 6.41. The van der Waals surface area contributed by atoms with E-state index in [1.54, 1.807) is 29.6 Å². The Labute approximate surface area is 154 Å². The molecule has 2 aromatic rings. The molecule has 2 amide bonds. The van der Waals surface area contributed by atoms with Gasteiger partial charge in [0.05, 0.1) is 20.5 Å². The van der Waals surface area contributed by atoms with Crippen LogP contribution in [0.5, 0.6) is 0 Å². The van der Waals surface area contributed by atoms with Crippen LogP contribution in [0.4, 0.5) is 0 Å². The molecule has 1 saturated heterocycles. The fourth-order valence-corrected chi connectivity index (χ4v) is 4.44. The first-order chi connectivity index (χ1) is 10.9. The molecule has 3 rings (SSSR count). The standard InChI is InChI=1S/C14H9BrCl2N2O3S/c15-7-4-10(23-6-7)13-18(5-11(20)19(13)22)14(21)12-8(16)2-1-3-9(12)17/h1-4,6,13,22H,5H2. The highest BCUT2D eigenvalue weighted by Crippen LogP contribution is 2.37. The third-order valence-electron chi connectivity index (χ3n) is 3.37. The van der Waals surface area contributed by atoms with Crippen LogP contribution in [-0.2, 0) is 4.79 Å². The SMILES string of the molecule is O=C1CN(C(=O)c2c(Cl)cccc2Cl)C(c2cc(Br)cs2)N1O. The Balaban J connectivity index is 2.03. The predicted molar refractivity (Wildman–Crippen MR) is 90.9 cm³/mol. The lowest BCUT2D eigenvalue weighted by Gasteiger charge is -2.25. The molecular formula is C14H9BrCl2N2O3S. The zero-order valence-corrected chi connectivity index (χ0v) is 15.3. The third kappa shape index (κ3) is 2.99. The van der Waals surface area contributed by atoms with Gasteiger partial charge in [-0.3, -0.25) is 14.8 Å². The second-order valence-electron chi connectivity index (χ2n) is 4.81. The summed E-state index contributed by atoms with van der Waals surface area (Å²) in [6.07, 6.45) is -0.904. The topological polar surface area (TPSA) is 60.9 Å². The molecule has 0 radical (unpaired) electrons. The Kier molecular flexibility index (Phi) is 4.66. The third-order valence-corrected chi connectivity index (χ3v) is 5.73. The molecule has 0 spiro atoms. The Hall–Kier alpha value is -1.12. The van der Waals surface area contributed by atoms with Gasteiger partial charge in [-0.05, 0) is 34.1 Å². The van der Waals surface area contributed by atoms with Crippen molar-refractivity contribution in [2.75, 3.05) is 6.54 Å². The van der Waals surface area contributed by atoms with Crippen LogP contribution in [0, 0.1) is 0 Å². The van der Waals surface area contributed by atoms with Crippen LogP contribution in [0.2, 0.25) is 10.0 Å². The normalized spacial score (nSPS) is 17.9. The van der Waals surface area contributed by atoms with Crippen LogP contribution in [0.3, 0.4) is 0 Å². The maximum absolute atomic E-state index is 12.8. The van der Waals surface area contributed by atoms with Gasteiger partial charge in [0, 0.05) is 9.85 Å². The molecular weight excluding hydrogens is 427 g/mol. The largest absolute Gasteiger partial charge is 0.302 e. The van der Waals surface area contributed by atoms with Crippen molar-refractivity contribution in [2.24, 2.45) is 0 Å². The number of amides is 2. The van der Waals surface area contributed by atoms with E-state index in [-0.39, 0.29) is 22.2 Å². The number of nitrogens with zero attached hydrogens (tertiary/aromatic N) is 2. The van der Waals surface area contributed by atoms with Gasteiger partial charge in [-0.1, -0.05) is 29.3 Å². The summed E-state index contributed by atoms with van der Waals surface area (Å²) in [6, 6.07) is 6.46. The van der Waals surface area contributed by atoms with Gasteiger partial charge in [-0.2, -0.15) is 5.06 Å². The number of carbonyl (C=O) groups excluding carboxylic acids is 2. The minimum atomic E-state index is -0.904. The Bertz CT molecular complexity index is 778. The number of rotatable bonds is 2. The van der Waals surface area contributed by atoms with Crippen molar-refractivity contribution in [3.63, 3.8) is 0 Å². The number of thiophene rings is 1. The van der Waals surface area contributed by atoms with Gasteiger partial charge in [0.1, 0.15) is 6.54 Å². The number of halogens is 3. The molecule has 0 saturated carbocycles. The van der Waals surface area contributed by atoms with E-state index in [1.165, 1.54) is 16.2 Å². The molecule has 1 aromatic heterocycles. The van der Waals surface area contributed by atoms with Gasteiger partial charge in [-0.15, -0.1) is 11.3 Å². The van der Waals surface area contributed by atoms with E-state index in [2.05, 4.69) is 15.9 Å². The Morgan fingerprint density at radius 3 is 2.57 bits per heavy atom. The molecule has 9 heteroatoms. The van der Waals surface area contributed by atoms with E-state index in [9.17, 15) is 14.8 Å². The molecule has 0 aliphatic carbocycles. The molecule has 1 unspecified atom stereocenters. The maximum Gasteiger partial charge on any atom is 0.267 e. The van der Waals surface area contributed by atoms with Gasteiger partial charge >= 0.3 is 0 Å². The molecule has 1 aliphatic heterocycles. The van der Waals surface area contributed by atoms with Crippen LogP contribution in [0.25, 0.3) is 0 Å². The van der Waals surface area contributed by atoms with E-state index in [4.69, 9.17) is 23.2 Å². The highest BCUT2D eigenvalue weighted by atomic mass is 79.9. The molecule has 1 fully saturated rings. The molecule has 23 heavy (non-hydrogen) atoms. The number of carbonyl (C=O) groups is 2. The summed E-state index contributed by atoms with van der Waals surface area (Å²) < 4.78 is 0.799. The van der Waals surface area contributed by atoms with Crippen molar-refractivity contribution in [1.29, 1.82) is 0 Å². The highest BCUT2D eigenvalue weighted by molar-refractivity contribution is 9.10. The average molecular weight is 436 g/mol. The molecule has 1 atom stereocenters. The minimum absolute atomic E-state index is 0.111. The fourth-order valence-electron chi connectivity index (χ4n) is 2.34. The van der Waals surface area contributed by atoms with Crippen molar-refractivity contribution in [3.05, 3.63) is 54.6 Å². The van der Waals surface area contributed by atoms with E-state index >= 15 is 0 Å². The van der Waals surface area contributed by atoms with Gasteiger partial charge in [0.15, 0.2) is 6.17 Å². The molecule has 5 nitrogen and oxygen atoms in total. The van der Waals surface area contributed by atoms with Crippen molar-refractivity contribution in [1.82, 2.24) is 9.96 Å². The first-order valence-corrected chi connectivity index (χ1v) is 8.83. The zero-order valence-electron chi connectivity index (χ0n) is 11.4. The Morgan fingerprint density at radius 2 is 2.00 bits per heavy atom. The predicted octanol–water partition coefficient (Wildman–Crippen LogP) is 4.19. The lowest BCUT2D eigenvalue weighted by molar-refractivity contribution is -0.168. The summed E-state index contributed by atoms with van der Waals surface area (Å²) in [5, 5.41) is 12.8. The number of hydrogen-bond donors (Lipinski definition) is 1. The van der Waals surface area contributed by atoms with Crippen molar-refractivity contribution in [3.8, 4) is 0 Å². The van der Waals surface area contributed by atoms with Crippen LogP contribution >= 0.6 is 50.5 Å². The first kappa shape index (κ1) is 16.7. The summed E-state index contributed by atoms with van der Waals surface area (Å²) in [6.45, 7) is -0.253. The number of hydroxylamine groups is 2. The zero-order chi connectivity index (χ0) is 16.7. The van der Waals surface area contributed by atoms with Crippen LogP contribution in [0.15, 0.2) is 34.1 Å². The molecule has 2 heterocycles. The van der Waals surface area contributed by atoms with Crippen LogP contribution in [0.1, 0.15) is 21.4 Å². The van der Waals surface area contributed by atoms with Crippen LogP contribution < -0.4 is 0 Å². The maximum atomic E-state index is 12.8. The fraction of sp³-hybridized carbons (Fsp3) is 0.143. The molecule has 1 N–H and O–H groups in total. The second-order valence-corrected chi connectivity index (χ2v) is 7.48. The first-order valence-electron chi connectivity index (χ1n) is 6.40. The van der Waals surface area contributed by atoms with Crippen LogP contribution in [-0.4, -0.2) is 33.5 Å². The van der Waals surface area contributed by atoms with E-state index in [0.717, 1.165) is 4.47 Å². The van der Waals surface area contributed by atoms with Gasteiger partial charge < -0.3 is 4.90 Å². The molecule has 1 aromatic carbocycles. The highest BCUT2D eigenvalue weighted by Gasteiger charge is 2.43. The molecule has 120 valence electrons. The summed E-state index contributed by atoms with van der Waals surface area (Å²) in [4.78, 5) is 26.6. The lowest BCUT2D eigenvalue weighted by Crippen LogP contribution is -2.34. The van der Waals surface area contributed by atoms with Gasteiger partial charge in [0.25, 0.3) is 11.8 Å². The molecule has 0 bridgehead atoms. The number of benzene rings is 1. The van der Waals surface area contributed by atoms with Crippen molar-refractivity contribution < 1.29 is 14.8 Å². The smallest absolute Gasteiger partial charge is 0.267 e. The van der Waals surface area contributed by atoms with Crippen molar-refractivity contribution in [2.45, 2.75) is 6.17 Å². The lowest BCUT2D eigenvalue weighted by atomic mass is 10.2. The number of hydrogen-bond acceptors (Lipinski definition) is 4. The van der Waals surface area contributed by atoms with Crippen molar-refractivity contribution >= 4 is 62.3 Å². The summed E-state index contributed by atoms with van der Waals surface area (Å²) >= 11 is 16.8. The monoisotopic (exact) mass is 434 g/mol. The summed E-state index contributed by atoms with van der Waals surface area (Å²) in [5.41, 5.74) is 0.111. The van der Waals surface area contributed by atoms with E-state index in [1.807, 2.05) is 0 Å². The van der Waals surface area contributed by atoms with Gasteiger partial charge in [-0.25, -0.2) is 0 Å². The molecule has 1 aliphatic rings. The van der Waals surface area contributed by atoms with E-state index in [0.29, 0.717) is 9.94 Å². The Morgan fingerprint density at radius 1 is 1.35 bits per heavy atom. The van der Waals surface area contributed by atoms with E-state index < -0.39 is 18.0 Å². The summed E-state index contributed by atoms with van der Waals surface area (Å²) in [7, 11) is 0.